The first-order chi connectivity index (χ1) is 13.0. The minimum Gasteiger partial charge on any atom is -0.357 e. The molecule has 0 saturated carbocycles. The molecule has 0 aliphatic heterocycles. The topological polar surface area (TPSA) is 69.8 Å². The fourth-order valence-electron chi connectivity index (χ4n) is 3.25. The van der Waals surface area contributed by atoms with Crippen molar-refractivity contribution in [2.24, 2.45) is 4.99 Å². The van der Waals surface area contributed by atoms with E-state index in [1.54, 1.807) is 0 Å². The van der Waals surface area contributed by atoms with Crippen LogP contribution < -0.4 is 10.6 Å². The van der Waals surface area contributed by atoms with Crippen LogP contribution in [0.1, 0.15) is 46.9 Å². The maximum atomic E-state index is 4.71. The third kappa shape index (κ3) is 6.50. The van der Waals surface area contributed by atoms with Gasteiger partial charge in [0.1, 0.15) is 5.82 Å². The summed E-state index contributed by atoms with van der Waals surface area (Å²) in [5.41, 5.74) is 0.882. The predicted molar refractivity (Wildman–Crippen MR) is 112 cm³/mol. The van der Waals surface area contributed by atoms with Gasteiger partial charge in [-0.15, -0.1) is 10.2 Å². The van der Waals surface area contributed by atoms with E-state index in [0.29, 0.717) is 12.1 Å². The molecule has 2 N–H and O–H groups in total. The monoisotopic (exact) mass is 373 g/mol. The number of fused-ring (bicyclic) bond motifs is 1. The van der Waals surface area contributed by atoms with E-state index in [-0.39, 0.29) is 0 Å². The van der Waals surface area contributed by atoms with Crippen LogP contribution in [-0.2, 0) is 6.42 Å². The van der Waals surface area contributed by atoms with Gasteiger partial charge in [-0.1, -0.05) is 6.07 Å². The first kappa shape index (κ1) is 21.2. The van der Waals surface area contributed by atoms with E-state index in [1.165, 1.54) is 0 Å². The largest absolute Gasteiger partial charge is 0.357 e. The van der Waals surface area contributed by atoms with Crippen LogP contribution in [0.2, 0.25) is 0 Å². The van der Waals surface area contributed by atoms with Crippen LogP contribution in [0.25, 0.3) is 5.65 Å². The molecular formula is C20H35N7. The lowest BCUT2D eigenvalue weighted by molar-refractivity contribution is 0.174. The van der Waals surface area contributed by atoms with Crippen molar-refractivity contribution in [3.8, 4) is 0 Å². The summed E-state index contributed by atoms with van der Waals surface area (Å²) in [6.45, 7) is 14.6. The van der Waals surface area contributed by atoms with E-state index in [9.17, 15) is 0 Å². The zero-order valence-electron chi connectivity index (χ0n) is 17.4. The van der Waals surface area contributed by atoms with Crippen LogP contribution in [0.3, 0.4) is 0 Å². The lowest BCUT2D eigenvalue weighted by atomic mass is 10.2. The van der Waals surface area contributed by atoms with Crippen molar-refractivity contribution in [1.29, 1.82) is 0 Å². The molecule has 0 saturated heterocycles. The fraction of sp³-hybridized carbons (Fsp3) is 0.650. The Balaban J connectivity index is 1.81. The molecule has 2 aromatic heterocycles. The molecule has 2 heterocycles. The Morgan fingerprint density at radius 1 is 1.15 bits per heavy atom. The van der Waals surface area contributed by atoms with Crippen LogP contribution in [0.15, 0.2) is 29.4 Å². The van der Waals surface area contributed by atoms with Crippen LogP contribution in [0, 0.1) is 0 Å². The van der Waals surface area contributed by atoms with Crippen molar-refractivity contribution in [2.75, 3.05) is 26.2 Å². The van der Waals surface area contributed by atoms with E-state index < -0.39 is 0 Å². The van der Waals surface area contributed by atoms with E-state index in [4.69, 9.17) is 4.99 Å². The van der Waals surface area contributed by atoms with E-state index in [1.807, 2.05) is 28.8 Å². The molecule has 27 heavy (non-hydrogen) atoms. The van der Waals surface area contributed by atoms with Gasteiger partial charge >= 0.3 is 0 Å². The van der Waals surface area contributed by atoms with Gasteiger partial charge in [-0.05, 0) is 53.2 Å². The molecule has 0 atom stereocenters. The predicted octanol–water partition coefficient (Wildman–Crippen LogP) is 2.34. The van der Waals surface area contributed by atoms with Crippen molar-refractivity contribution in [3.05, 3.63) is 30.2 Å². The zero-order valence-corrected chi connectivity index (χ0v) is 17.4. The molecule has 0 aliphatic rings. The molecule has 0 aliphatic carbocycles. The van der Waals surface area contributed by atoms with Crippen molar-refractivity contribution in [2.45, 2.75) is 59.5 Å². The molecule has 0 bridgehead atoms. The number of nitrogens with zero attached hydrogens (tertiary/aromatic N) is 5. The highest BCUT2D eigenvalue weighted by Crippen LogP contribution is 2.06. The van der Waals surface area contributed by atoms with Crippen molar-refractivity contribution >= 4 is 11.6 Å². The number of pyridine rings is 1. The molecule has 7 heteroatoms. The van der Waals surface area contributed by atoms with Gasteiger partial charge in [-0.2, -0.15) is 0 Å². The first-order valence-corrected chi connectivity index (χ1v) is 10.1. The third-order valence-corrected chi connectivity index (χ3v) is 4.54. The fourth-order valence-corrected chi connectivity index (χ4v) is 3.25. The maximum Gasteiger partial charge on any atom is 0.191 e. The number of aliphatic imine (C=N–C) groups is 1. The molecule has 0 unspecified atom stereocenters. The standard InChI is InChI=1S/C20H35N7/c1-6-21-20(22-12-9-15-26(16(2)3)17(4)5)23-13-11-19-25-24-18-10-7-8-14-27(18)19/h7-8,10,14,16-17H,6,9,11-13,15H2,1-5H3,(H2,21,22,23). The summed E-state index contributed by atoms with van der Waals surface area (Å²) < 4.78 is 2.03. The summed E-state index contributed by atoms with van der Waals surface area (Å²) >= 11 is 0. The third-order valence-electron chi connectivity index (χ3n) is 4.54. The molecule has 0 spiro atoms. The van der Waals surface area contributed by atoms with Crippen molar-refractivity contribution < 1.29 is 0 Å². The van der Waals surface area contributed by atoms with Gasteiger partial charge in [0.25, 0.3) is 0 Å². The lowest BCUT2D eigenvalue weighted by Gasteiger charge is -2.30. The highest BCUT2D eigenvalue weighted by Gasteiger charge is 2.12. The Morgan fingerprint density at radius 2 is 1.93 bits per heavy atom. The minimum absolute atomic E-state index is 0.568. The van der Waals surface area contributed by atoms with Crippen molar-refractivity contribution in [1.82, 2.24) is 30.1 Å². The number of aromatic nitrogens is 3. The Morgan fingerprint density at radius 3 is 2.63 bits per heavy atom. The zero-order chi connectivity index (χ0) is 19.6. The number of rotatable bonds is 10. The molecule has 0 aromatic carbocycles. The van der Waals surface area contributed by atoms with Gasteiger partial charge in [0.15, 0.2) is 11.6 Å². The highest BCUT2D eigenvalue weighted by molar-refractivity contribution is 5.79. The van der Waals surface area contributed by atoms with E-state index in [0.717, 1.165) is 56.5 Å². The van der Waals surface area contributed by atoms with Crippen LogP contribution >= 0.6 is 0 Å². The average Bonchev–Trinajstić information content (AvgIpc) is 3.04. The molecule has 0 fully saturated rings. The Labute approximate surface area is 163 Å². The lowest BCUT2D eigenvalue weighted by Crippen LogP contribution is -2.39. The SMILES string of the molecule is CCNC(=NCCCN(C(C)C)C(C)C)NCCc1nnc2ccccn12. The average molecular weight is 374 g/mol. The Bertz CT molecular complexity index is 697. The summed E-state index contributed by atoms with van der Waals surface area (Å²) in [6.07, 6.45) is 3.85. The molecule has 2 aromatic rings. The van der Waals surface area contributed by atoms with Gasteiger partial charge in [-0.3, -0.25) is 14.3 Å². The molecule has 7 nitrogen and oxygen atoms in total. The second-order valence-electron chi connectivity index (χ2n) is 7.26. The number of hydrogen-bond acceptors (Lipinski definition) is 4. The molecule has 0 radical (unpaired) electrons. The van der Waals surface area contributed by atoms with E-state index in [2.05, 4.69) is 60.3 Å². The minimum atomic E-state index is 0.568. The van der Waals surface area contributed by atoms with Gasteiger partial charge < -0.3 is 10.6 Å². The van der Waals surface area contributed by atoms with Crippen LogP contribution in [0.5, 0.6) is 0 Å². The quantitative estimate of drug-likeness (QED) is 0.380. The second kappa shape index (κ2) is 10.9. The molecule has 2 rings (SSSR count). The van der Waals surface area contributed by atoms with Crippen LogP contribution in [0.4, 0.5) is 0 Å². The number of nitrogens with one attached hydrogen (secondary N) is 2. The summed E-state index contributed by atoms with van der Waals surface area (Å²) in [6, 6.07) is 7.07. The first-order valence-electron chi connectivity index (χ1n) is 10.1. The smallest absolute Gasteiger partial charge is 0.191 e. The Hall–Kier alpha value is -2.15. The summed E-state index contributed by atoms with van der Waals surface area (Å²) in [7, 11) is 0. The molecular weight excluding hydrogens is 338 g/mol. The Kier molecular flexibility index (Phi) is 8.51. The maximum absolute atomic E-state index is 4.71. The summed E-state index contributed by atoms with van der Waals surface area (Å²) in [5, 5.41) is 15.2. The normalized spacial score (nSPS) is 12.5. The van der Waals surface area contributed by atoms with Gasteiger partial charge in [0.05, 0.1) is 0 Å². The van der Waals surface area contributed by atoms with Gasteiger partial charge in [0, 0.05) is 50.9 Å². The second-order valence-corrected chi connectivity index (χ2v) is 7.26. The molecule has 0 amide bonds. The summed E-state index contributed by atoms with van der Waals surface area (Å²) in [5.74, 6) is 1.82. The number of hydrogen-bond donors (Lipinski definition) is 2. The summed E-state index contributed by atoms with van der Waals surface area (Å²) in [4.78, 5) is 7.22. The van der Waals surface area contributed by atoms with Gasteiger partial charge in [-0.25, -0.2) is 0 Å². The molecule has 150 valence electrons. The highest BCUT2D eigenvalue weighted by atomic mass is 15.2. The number of guanidine groups is 1. The van der Waals surface area contributed by atoms with Crippen molar-refractivity contribution in [3.63, 3.8) is 0 Å². The van der Waals surface area contributed by atoms with Gasteiger partial charge in [0.2, 0.25) is 0 Å². The van der Waals surface area contributed by atoms with Crippen LogP contribution in [-0.4, -0.2) is 63.7 Å². The van der Waals surface area contributed by atoms with E-state index >= 15 is 0 Å².